The number of thiophene rings is 1. The van der Waals surface area contributed by atoms with E-state index < -0.39 is 0 Å². The summed E-state index contributed by atoms with van der Waals surface area (Å²) in [6.45, 7) is 3.10. The van der Waals surface area contributed by atoms with Crippen molar-refractivity contribution in [1.82, 2.24) is 5.32 Å². The number of benzene rings is 1. The van der Waals surface area contributed by atoms with E-state index in [1.165, 1.54) is 14.9 Å². The van der Waals surface area contributed by atoms with Crippen molar-refractivity contribution in [3.05, 3.63) is 56.7 Å². The number of halogens is 1. The summed E-state index contributed by atoms with van der Waals surface area (Å²) in [7, 11) is 0. The van der Waals surface area contributed by atoms with Gasteiger partial charge in [0.05, 0.1) is 0 Å². The average molecular weight is 296 g/mol. The monoisotopic (exact) mass is 295 g/mol. The molecule has 0 aliphatic heterocycles. The highest BCUT2D eigenvalue weighted by molar-refractivity contribution is 9.10. The Morgan fingerprint density at radius 1 is 1.25 bits per heavy atom. The van der Waals surface area contributed by atoms with Crippen molar-refractivity contribution >= 4 is 27.3 Å². The molecule has 3 heteroatoms. The zero-order valence-corrected chi connectivity index (χ0v) is 11.5. The van der Waals surface area contributed by atoms with E-state index in [2.05, 4.69) is 63.9 Å². The van der Waals surface area contributed by atoms with Crippen LogP contribution in [0.25, 0.3) is 0 Å². The topological polar surface area (TPSA) is 12.0 Å². The third-order valence-corrected chi connectivity index (χ3v) is 4.49. The van der Waals surface area contributed by atoms with Crippen LogP contribution >= 0.6 is 27.3 Å². The summed E-state index contributed by atoms with van der Waals surface area (Å²) < 4.78 is 1.20. The molecule has 1 aromatic heterocycles. The minimum atomic E-state index is 0.384. The van der Waals surface area contributed by atoms with Gasteiger partial charge in [0.2, 0.25) is 0 Å². The van der Waals surface area contributed by atoms with E-state index in [4.69, 9.17) is 0 Å². The van der Waals surface area contributed by atoms with Crippen LogP contribution in [-0.2, 0) is 6.54 Å². The fourth-order valence-corrected chi connectivity index (χ4v) is 3.00. The predicted octanol–water partition coefficient (Wildman–Crippen LogP) is 4.36. The fourth-order valence-electron chi connectivity index (χ4n) is 1.56. The van der Waals surface area contributed by atoms with Crippen LogP contribution in [0.2, 0.25) is 0 Å². The lowest BCUT2D eigenvalue weighted by molar-refractivity contribution is 0.578. The van der Waals surface area contributed by atoms with E-state index in [0.29, 0.717) is 6.04 Å². The number of hydrogen-bond donors (Lipinski definition) is 1. The molecule has 1 N–H and O–H groups in total. The van der Waals surface area contributed by atoms with E-state index in [1.54, 1.807) is 11.3 Å². The molecular weight excluding hydrogens is 282 g/mol. The van der Waals surface area contributed by atoms with E-state index in [1.807, 2.05) is 6.07 Å². The smallest absolute Gasteiger partial charge is 0.0327 e. The van der Waals surface area contributed by atoms with Crippen LogP contribution in [0.3, 0.4) is 0 Å². The molecule has 1 heterocycles. The first kappa shape index (κ1) is 11.8. The molecular formula is C13H14BrNS. The van der Waals surface area contributed by atoms with Crippen molar-refractivity contribution in [2.45, 2.75) is 19.5 Å². The van der Waals surface area contributed by atoms with E-state index in [-0.39, 0.29) is 0 Å². The van der Waals surface area contributed by atoms with Gasteiger partial charge in [-0.25, -0.2) is 0 Å². The van der Waals surface area contributed by atoms with Gasteiger partial charge in [-0.2, -0.15) is 0 Å². The van der Waals surface area contributed by atoms with Gasteiger partial charge in [-0.15, -0.1) is 11.3 Å². The molecule has 0 aliphatic carbocycles. The van der Waals surface area contributed by atoms with Gasteiger partial charge in [-0.05, 0) is 39.9 Å². The minimum Gasteiger partial charge on any atom is -0.305 e. The zero-order chi connectivity index (χ0) is 11.4. The van der Waals surface area contributed by atoms with Gasteiger partial charge in [0.15, 0.2) is 0 Å². The van der Waals surface area contributed by atoms with E-state index in [9.17, 15) is 0 Å². The van der Waals surface area contributed by atoms with Crippen molar-refractivity contribution in [1.29, 1.82) is 0 Å². The molecule has 0 saturated heterocycles. The van der Waals surface area contributed by atoms with Gasteiger partial charge in [-0.1, -0.05) is 30.3 Å². The molecule has 0 radical (unpaired) electrons. The van der Waals surface area contributed by atoms with Gasteiger partial charge in [-0.3, -0.25) is 0 Å². The lowest BCUT2D eigenvalue weighted by Crippen LogP contribution is -2.17. The third-order valence-electron chi connectivity index (χ3n) is 2.56. The molecule has 1 aromatic carbocycles. The summed E-state index contributed by atoms with van der Waals surface area (Å²) in [5.74, 6) is 0. The van der Waals surface area contributed by atoms with Gasteiger partial charge in [0.1, 0.15) is 0 Å². The van der Waals surface area contributed by atoms with Crippen LogP contribution in [-0.4, -0.2) is 0 Å². The Labute approximate surface area is 109 Å². The standard InChI is InChI=1S/C13H14BrNS/c1-10(11-5-3-2-4-6-11)15-9-13-12(14)7-8-16-13/h2-8,10,15H,9H2,1H3/t10-/m1/s1. The quantitative estimate of drug-likeness (QED) is 0.884. The lowest BCUT2D eigenvalue weighted by atomic mass is 10.1. The molecule has 0 unspecified atom stereocenters. The highest BCUT2D eigenvalue weighted by atomic mass is 79.9. The first-order chi connectivity index (χ1) is 7.77. The Hall–Kier alpha value is -0.640. The summed E-state index contributed by atoms with van der Waals surface area (Å²) in [5, 5.41) is 5.63. The molecule has 1 nitrogen and oxygen atoms in total. The first-order valence-electron chi connectivity index (χ1n) is 5.27. The van der Waals surface area contributed by atoms with Gasteiger partial charge in [0.25, 0.3) is 0 Å². The number of nitrogens with one attached hydrogen (secondary N) is 1. The van der Waals surface area contributed by atoms with Crippen molar-refractivity contribution in [3.8, 4) is 0 Å². The van der Waals surface area contributed by atoms with Crippen LogP contribution in [0.15, 0.2) is 46.3 Å². The molecule has 0 spiro atoms. The number of hydrogen-bond acceptors (Lipinski definition) is 2. The maximum atomic E-state index is 3.54. The van der Waals surface area contributed by atoms with Gasteiger partial charge >= 0.3 is 0 Å². The normalized spacial score (nSPS) is 12.6. The molecule has 16 heavy (non-hydrogen) atoms. The molecule has 2 aromatic rings. The SMILES string of the molecule is C[C@@H](NCc1sccc1Br)c1ccccc1. The Kier molecular flexibility index (Phi) is 4.16. The molecule has 0 saturated carbocycles. The van der Waals surface area contributed by atoms with Gasteiger partial charge in [0, 0.05) is 21.9 Å². The Balaban J connectivity index is 1.94. The average Bonchev–Trinajstić information content (AvgIpc) is 2.73. The summed E-state index contributed by atoms with van der Waals surface area (Å²) >= 11 is 5.32. The van der Waals surface area contributed by atoms with Crippen LogP contribution in [0.5, 0.6) is 0 Å². The molecule has 84 valence electrons. The second-order valence-electron chi connectivity index (χ2n) is 3.70. The Morgan fingerprint density at radius 2 is 2.00 bits per heavy atom. The van der Waals surface area contributed by atoms with Crippen LogP contribution in [0.1, 0.15) is 23.4 Å². The first-order valence-corrected chi connectivity index (χ1v) is 6.95. The molecule has 0 bridgehead atoms. The van der Waals surface area contributed by atoms with E-state index in [0.717, 1.165) is 6.54 Å². The largest absolute Gasteiger partial charge is 0.305 e. The molecule has 0 aliphatic rings. The summed E-state index contributed by atoms with van der Waals surface area (Å²) in [6, 6.07) is 13.0. The van der Waals surface area contributed by atoms with Crippen LogP contribution in [0, 0.1) is 0 Å². The van der Waals surface area contributed by atoms with Gasteiger partial charge < -0.3 is 5.32 Å². The van der Waals surface area contributed by atoms with Crippen LogP contribution in [0.4, 0.5) is 0 Å². The summed E-state index contributed by atoms with van der Waals surface area (Å²) in [6.07, 6.45) is 0. The minimum absolute atomic E-state index is 0.384. The lowest BCUT2D eigenvalue weighted by Gasteiger charge is -2.13. The number of rotatable bonds is 4. The molecule has 2 rings (SSSR count). The molecule has 1 atom stereocenters. The predicted molar refractivity (Wildman–Crippen MR) is 73.7 cm³/mol. The maximum absolute atomic E-state index is 3.54. The highest BCUT2D eigenvalue weighted by Gasteiger charge is 2.06. The third kappa shape index (κ3) is 2.94. The Bertz CT molecular complexity index is 438. The van der Waals surface area contributed by atoms with Crippen molar-refractivity contribution in [3.63, 3.8) is 0 Å². The Morgan fingerprint density at radius 3 is 2.62 bits per heavy atom. The second kappa shape index (κ2) is 5.62. The van der Waals surface area contributed by atoms with Crippen molar-refractivity contribution in [2.75, 3.05) is 0 Å². The second-order valence-corrected chi connectivity index (χ2v) is 5.56. The van der Waals surface area contributed by atoms with Crippen LogP contribution < -0.4 is 5.32 Å². The van der Waals surface area contributed by atoms with Crippen molar-refractivity contribution < 1.29 is 0 Å². The van der Waals surface area contributed by atoms with E-state index >= 15 is 0 Å². The summed E-state index contributed by atoms with van der Waals surface area (Å²) in [5.41, 5.74) is 1.33. The molecule has 0 amide bonds. The zero-order valence-electron chi connectivity index (χ0n) is 9.11. The fraction of sp³-hybridized carbons (Fsp3) is 0.231. The molecule has 0 fully saturated rings. The highest BCUT2D eigenvalue weighted by Crippen LogP contribution is 2.23. The van der Waals surface area contributed by atoms with Crippen molar-refractivity contribution in [2.24, 2.45) is 0 Å². The summed E-state index contributed by atoms with van der Waals surface area (Å²) in [4.78, 5) is 1.35. The maximum Gasteiger partial charge on any atom is 0.0327 e.